The lowest BCUT2D eigenvalue weighted by Gasteiger charge is -2.15. The molecular weight excluding hydrogens is 172 g/mol. The number of aliphatic hydroxyl groups excluding tert-OH is 1. The van der Waals surface area contributed by atoms with Crippen LogP contribution in [0, 0.1) is 5.92 Å². The molecule has 0 aliphatic heterocycles. The van der Waals surface area contributed by atoms with Gasteiger partial charge in [-0.05, 0) is 17.9 Å². The van der Waals surface area contributed by atoms with Gasteiger partial charge in [0.2, 0.25) is 0 Å². The van der Waals surface area contributed by atoms with Gasteiger partial charge in [-0.1, -0.05) is 50.6 Å². The van der Waals surface area contributed by atoms with Crippen LogP contribution in [0.4, 0.5) is 0 Å². The fraction of sp³-hybridized carbons (Fsp3) is 0.538. The second kappa shape index (κ2) is 5.82. The molecule has 1 atom stereocenters. The van der Waals surface area contributed by atoms with E-state index in [1.54, 1.807) is 0 Å². The Morgan fingerprint density at radius 3 is 2.21 bits per heavy atom. The average Bonchev–Trinajstić information content (AvgIpc) is 2.20. The van der Waals surface area contributed by atoms with Crippen LogP contribution in [0.5, 0.6) is 0 Å². The first-order valence-corrected chi connectivity index (χ1v) is 5.40. The summed E-state index contributed by atoms with van der Waals surface area (Å²) in [6, 6.07) is 10.3. The van der Waals surface area contributed by atoms with E-state index in [1.807, 2.05) is 18.2 Å². The minimum absolute atomic E-state index is 0.261. The molecule has 14 heavy (non-hydrogen) atoms. The quantitative estimate of drug-likeness (QED) is 0.759. The van der Waals surface area contributed by atoms with Crippen molar-refractivity contribution in [3.8, 4) is 0 Å². The van der Waals surface area contributed by atoms with E-state index in [4.69, 9.17) is 0 Å². The van der Waals surface area contributed by atoms with E-state index in [9.17, 15) is 5.11 Å². The smallest absolute Gasteiger partial charge is 0.0499 e. The molecule has 0 saturated carbocycles. The molecule has 0 amide bonds. The van der Waals surface area contributed by atoms with Crippen molar-refractivity contribution in [2.24, 2.45) is 5.92 Å². The van der Waals surface area contributed by atoms with Gasteiger partial charge in [-0.3, -0.25) is 0 Å². The largest absolute Gasteiger partial charge is 0.396 e. The zero-order chi connectivity index (χ0) is 10.4. The topological polar surface area (TPSA) is 20.2 Å². The highest BCUT2D eigenvalue weighted by Crippen LogP contribution is 2.22. The summed E-state index contributed by atoms with van der Waals surface area (Å²) in [5.74, 6) is 1.03. The van der Waals surface area contributed by atoms with Crippen molar-refractivity contribution >= 4 is 0 Å². The molecule has 0 bridgehead atoms. The summed E-state index contributed by atoms with van der Waals surface area (Å²) >= 11 is 0. The monoisotopic (exact) mass is 192 g/mol. The van der Waals surface area contributed by atoms with Gasteiger partial charge in [0.1, 0.15) is 0 Å². The Labute approximate surface area is 86.8 Å². The molecule has 1 rings (SSSR count). The lowest BCUT2D eigenvalue weighted by molar-refractivity contribution is 0.253. The van der Waals surface area contributed by atoms with Gasteiger partial charge in [0.15, 0.2) is 0 Å². The Balaban J connectivity index is 2.54. The van der Waals surface area contributed by atoms with E-state index < -0.39 is 0 Å². The molecule has 0 aliphatic rings. The Hall–Kier alpha value is -0.820. The molecule has 78 valence electrons. The van der Waals surface area contributed by atoms with E-state index in [0.29, 0.717) is 11.8 Å². The molecule has 0 saturated heterocycles. The van der Waals surface area contributed by atoms with E-state index >= 15 is 0 Å². The average molecular weight is 192 g/mol. The molecule has 0 fully saturated rings. The maximum absolute atomic E-state index is 9.29. The predicted octanol–water partition coefficient (Wildman–Crippen LogP) is 3.20. The number of hydrogen-bond acceptors (Lipinski definition) is 1. The normalized spacial score (nSPS) is 13.1. The van der Waals surface area contributed by atoms with Crippen LogP contribution in [-0.2, 0) is 0 Å². The summed E-state index contributed by atoms with van der Waals surface area (Å²) in [5.41, 5.74) is 1.26. The van der Waals surface area contributed by atoms with Crippen LogP contribution in [0.3, 0.4) is 0 Å². The van der Waals surface area contributed by atoms with Crippen LogP contribution in [0.25, 0.3) is 0 Å². The number of aliphatic hydroxyl groups is 1. The van der Waals surface area contributed by atoms with Gasteiger partial charge < -0.3 is 5.11 Å². The van der Waals surface area contributed by atoms with Crippen molar-refractivity contribution in [1.82, 2.24) is 0 Å². The summed E-state index contributed by atoms with van der Waals surface area (Å²) in [7, 11) is 0. The van der Waals surface area contributed by atoms with Crippen LogP contribution < -0.4 is 0 Å². The predicted molar refractivity (Wildman–Crippen MR) is 60.3 cm³/mol. The lowest BCUT2D eigenvalue weighted by atomic mass is 9.92. The number of rotatable bonds is 5. The third-order valence-corrected chi connectivity index (χ3v) is 2.58. The maximum Gasteiger partial charge on any atom is 0.0499 e. The summed E-state index contributed by atoms with van der Waals surface area (Å²) in [6.07, 6.45) is 2.26. The van der Waals surface area contributed by atoms with Crippen molar-refractivity contribution in [3.05, 3.63) is 35.9 Å². The minimum atomic E-state index is 0.261. The van der Waals surface area contributed by atoms with E-state index in [-0.39, 0.29) is 6.61 Å². The fourth-order valence-corrected chi connectivity index (χ4v) is 1.62. The highest BCUT2D eigenvalue weighted by atomic mass is 16.3. The van der Waals surface area contributed by atoms with Crippen LogP contribution >= 0.6 is 0 Å². The molecule has 1 aromatic rings. The van der Waals surface area contributed by atoms with Crippen LogP contribution in [0.2, 0.25) is 0 Å². The van der Waals surface area contributed by atoms with Crippen molar-refractivity contribution in [1.29, 1.82) is 0 Å². The van der Waals surface area contributed by atoms with Crippen molar-refractivity contribution in [2.45, 2.75) is 32.6 Å². The van der Waals surface area contributed by atoms with Crippen molar-refractivity contribution < 1.29 is 5.11 Å². The second-order valence-electron chi connectivity index (χ2n) is 4.26. The van der Waals surface area contributed by atoms with Gasteiger partial charge in [0.25, 0.3) is 0 Å². The summed E-state index contributed by atoms with van der Waals surface area (Å²) in [5, 5.41) is 9.29. The van der Waals surface area contributed by atoms with Gasteiger partial charge in [0.05, 0.1) is 0 Å². The van der Waals surface area contributed by atoms with Gasteiger partial charge >= 0.3 is 0 Å². The third-order valence-electron chi connectivity index (χ3n) is 2.58. The standard InChI is InChI=1S/C13H20O/c1-11(2)8-9-13(10-14)12-6-4-3-5-7-12/h3-7,11,13-14H,8-10H2,1-2H3. The number of benzene rings is 1. The summed E-state index contributed by atoms with van der Waals surface area (Å²) < 4.78 is 0. The second-order valence-corrected chi connectivity index (χ2v) is 4.26. The Bertz CT molecular complexity index is 241. The molecule has 1 N–H and O–H groups in total. The highest BCUT2D eigenvalue weighted by Gasteiger charge is 2.10. The molecule has 0 spiro atoms. The zero-order valence-corrected chi connectivity index (χ0v) is 9.11. The van der Waals surface area contributed by atoms with Crippen LogP contribution in [0.1, 0.15) is 38.2 Å². The lowest BCUT2D eigenvalue weighted by Crippen LogP contribution is -2.05. The number of hydrogen-bond donors (Lipinski definition) is 1. The van der Waals surface area contributed by atoms with E-state index in [0.717, 1.165) is 6.42 Å². The zero-order valence-electron chi connectivity index (χ0n) is 9.11. The third kappa shape index (κ3) is 3.51. The molecule has 1 unspecified atom stereocenters. The minimum Gasteiger partial charge on any atom is -0.396 e. The van der Waals surface area contributed by atoms with Crippen molar-refractivity contribution in [2.75, 3.05) is 6.61 Å². The van der Waals surface area contributed by atoms with Crippen LogP contribution in [-0.4, -0.2) is 11.7 Å². The molecule has 1 aromatic carbocycles. The Kier molecular flexibility index (Phi) is 4.68. The SMILES string of the molecule is CC(C)CCC(CO)c1ccccc1. The van der Waals surface area contributed by atoms with Crippen molar-refractivity contribution in [3.63, 3.8) is 0 Å². The highest BCUT2D eigenvalue weighted by molar-refractivity contribution is 5.19. The fourth-order valence-electron chi connectivity index (χ4n) is 1.62. The molecule has 1 heteroatoms. The molecule has 0 aromatic heterocycles. The van der Waals surface area contributed by atoms with Gasteiger partial charge in [-0.15, -0.1) is 0 Å². The van der Waals surface area contributed by atoms with Gasteiger partial charge in [-0.2, -0.15) is 0 Å². The van der Waals surface area contributed by atoms with Crippen LogP contribution in [0.15, 0.2) is 30.3 Å². The first-order chi connectivity index (χ1) is 6.74. The first-order valence-electron chi connectivity index (χ1n) is 5.40. The maximum atomic E-state index is 9.29. The first kappa shape index (κ1) is 11.3. The van der Waals surface area contributed by atoms with Gasteiger partial charge in [-0.25, -0.2) is 0 Å². The Morgan fingerprint density at radius 2 is 1.71 bits per heavy atom. The van der Waals surface area contributed by atoms with Gasteiger partial charge in [0, 0.05) is 12.5 Å². The molecular formula is C13H20O. The molecule has 0 radical (unpaired) electrons. The molecule has 0 aliphatic carbocycles. The summed E-state index contributed by atoms with van der Waals surface area (Å²) in [6.45, 7) is 4.70. The molecule has 0 heterocycles. The Morgan fingerprint density at radius 1 is 1.07 bits per heavy atom. The summed E-state index contributed by atoms with van der Waals surface area (Å²) in [4.78, 5) is 0. The van der Waals surface area contributed by atoms with E-state index in [1.165, 1.54) is 12.0 Å². The van der Waals surface area contributed by atoms with E-state index in [2.05, 4.69) is 26.0 Å². The molecule has 1 nitrogen and oxygen atoms in total.